The van der Waals surface area contributed by atoms with Gasteiger partial charge in [-0.2, -0.15) is 0 Å². The maximum atomic E-state index is 12.7. The van der Waals surface area contributed by atoms with E-state index in [1.54, 1.807) is 17.3 Å². The molecule has 0 unspecified atom stereocenters. The molecule has 4 nitrogen and oxygen atoms in total. The van der Waals surface area contributed by atoms with Crippen LogP contribution in [-0.2, 0) is 12.8 Å². The van der Waals surface area contributed by atoms with E-state index in [-0.39, 0.29) is 5.91 Å². The highest BCUT2D eigenvalue weighted by Crippen LogP contribution is 2.17. The van der Waals surface area contributed by atoms with Crippen molar-refractivity contribution < 1.29 is 4.79 Å². The number of aromatic nitrogens is 2. The summed E-state index contributed by atoms with van der Waals surface area (Å²) >= 11 is 0. The Morgan fingerprint density at radius 2 is 1.87 bits per heavy atom. The number of aryl methyl sites for hydroxylation is 1. The van der Waals surface area contributed by atoms with Gasteiger partial charge in [0, 0.05) is 31.7 Å². The van der Waals surface area contributed by atoms with Gasteiger partial charge in [0.25, 0.3) is 5.91 Å². The Bertz CT molecular complexity index is 653. The molecule has 0 aliphatic carbocycles. The molecule has 2 aromatic rings. The van der Waals surface area contributed by atoms with Gasteiger partial charge in [0.1, 0.15) is 0 Å². The van der Waals surface area contributed by atoms with E-state index in [1.807, 2.05) is 38.2 Å². The summed E-state index contributed by atoms with van der Waals surface area (Å²) in [5.74, 6) is 0.410. The summed E-state index contributed by atoms with van der Waals surface area (Å²) in [5.41, 5.74) is 3.83. The van der Waals surface area contributed by atoms with Gasteiger partial charge in [-0.15, -0.1) is 0 Å². The lowest BCUT2D eigenvalue weighted by molar-refractivity contribution is 0.0795. The SMILES string of the molecule is CCc1nc(C(C)C)ccc1C(=O)N(C)CCc1ccncc1. The summed E-state index contributed by atoms with van der Waals surface area (Å²) < 4.78 is 0. The van der Waals surface area contributed by atoms with E-state index in [1.165, 1.54) is 5.56 Å². The topological polar surface area (TPSA) is 46.1 Å². The van der Waals surface area contributed by atoms with Gasteiger partial charge >= 0.3 is 0 Å². The van der Waals surface area contributed by atoms with Crippen LogP contribution in [0.25, 0.3) is 0 Å². The van der Waals surface area contributed by atoms with Crippen LogP contribution in [0.15, 0.2) is 36.7 Å². The van der Waals surface area contributed by atoms with Crippen LogP contribution in [0.5, 0.6) is 0 Å². The summed E-state index contributed by atoms with van der Waals surface area (Å²) in [5, 5.41) is 0. The fraction of sp³-hybridized carbons (Fsp3) is 0.421. The van der Waals surface area contributed by atoms with Crippen LogP contribution in [0.1, 0.15) is 54.0 Å². The average molecular weight is 311 g/mol. The highest BCUT2D eigenvalue weighted by atomic mass is 16.2. The van der Waals surface area contributed by atoms with E-state index < -0.39 is 0 Å². The smallest absolute Gasteiger partial charge is 0.255 e. The maximum Gasteiger partial charge on any atom is 0.255 e. The molecule has 0 spiro atoms. The molecule has 23 heavy (non-hydrogen) atoms. The Balaban J connectivity index is 2.09. The maximum absolute atomic E-state index is 12.7. The van der Waals surface area contributed by atoms with Crippen molar-refractivity contribution in [3.8, 4) is 0 Å². The number of nitrogens with zero attached hydrogens (tertiary/aromatic N) is 3. The molecule has 0 saturated carbocycles. The first-order valence-corrected chi connectivity index (χ1v) is 8.17. The van der Waals surface area contributed by atoms with Crippen molar-refractivity contribution in [3.63, 3.8) is 0 Å². The number of hydrogen-bond donors (Lipinski definition) is 0. The summed E-state index contributed by atoms with van der Waals surface area (Å²) in [7, 11) is 1.85. The lowest BCUT2D eigenvalue weighted by Crippen LogP contribution is -2.30. The fourth-order valence-electron chi connectivity index (χ4n) is 2.46. The van der Waals surface area contributed by atoms with Gasteiger partial charge in [-0.25, -0.2) is 0 Å². The van der Waals surface area contributed by atoms with Crippen molar-refractivity contribution in [2.75, 3.05) is 13.6 Å². The largest absolute Gasteiger partial charge is 0.341 e. The van der Waals surface area contributed by atoms with Crippen LogP contribution >= 0.6 is 0 Å². The van der Waals surface area contributed by atoms with Crippen molar-refractivity contribution in [1.82, 2.24) is 14.9 Å². The lowest BCUT2D eigenvalue weighted by atomic mass is 10.0. The molecule has 0 atom stereocenters. The highest BCUT2D eigenvalue weighted by molar-refractivity contribution is 5.95. The number of amides is 1. The second-order valence-corrected chi connectivity index (χ2v) is 6.07. The molecule has 0 saturated heterocycles. The number of rotatable bonds is 6. The minimum Gasteiger partial charge on any atom is -0.341 e. The Morgan fingerprint density at radius 1 is 1.17 bits per heavy atom. The molecular weight excluding hydrogens is 286 g/mol. The number of carbonyl (C=O) groups excluding carboxylic acids is 1. The Hall–Kier alpha value is -2.23. The molecular formula is C19H25N3O. The molecule has 0 N–H and O–H groups in total. The minimum absolute atomic E-state index is 0.0405. The molecule has 122 valence electrons. The first-order chi connectivity index (χ1) is 11.0. The Morgan fingerprint density at radius 3 is 2.48 bits per heavy atom. The monoisotopic (exact) mass is 311 g/mol. The second-order valence-electron chi connectivity index (χ2n) is 6.07. The van der Waals surface area contributed by atoms with Gasteiger partial charge in [-0.3, -0.25) is 14.8 Å². The van der Waals surface area contributed by atoms with Gasteiger partial charge in [0.05, 0.1) is 11.3 Å². The zero-order valence-corrected chi connectivity index (χ0v) is 14.4. The summed E-state index contributed by atoms with van der Waals surface area (Å²) in [6.45, 7) is 6.95. The minimum atomic E-state index is 0.0405. The third-order valence-electron chi connectivity index (χ3n) is 3.98. The van der Waals surface area contributed by atoms with Gasteiger partial charge < -0.3 is 4.90 Å². The van der Waals surface area contributed by atoms with Crippen LogP contribution in [0.3, 0.4) is 0 Å². The highest BCUT2D eigenvalue weighted by Gasteiger charge is 2.17. The number of carbonyl (C=O) groups is 1. The molecule has 0 aliphatic heterocycles. The fourth-order valence-corrected chi connectivity index (χ4v) is 2.46. The molecule has 0 fully saturated rings. The van der Waals surface area contributed by atoms with Gasteiger partial charge in [-0.1, -0.05) is 20.8 Å². The van der Waals surface area contributed by atoms with E-state index >= 15 is 0 Å². The van der Waals surface area contributed by atoms with Crippen LogP contribution < -0.4 is 0 Å². The number of pyridine rings is 2. The van der Waals surface area contributed by atoms with Crippen LogP contribution in [0, 0.1) is 0 Å². The van der Waals surface area contributed by atoms with Gasteiger partial charge in [0.15, 0.2) is 0 Å². The molecule has 2 rings (SSSR count). The second kappa shape index (κ2) is 7.86. The third kappa shape index (κ3) is 4.38. The van der Waals surface area contributed by atoms with Crippen molar-refractivity contribution in [1.29, 1.82) is 0 Å². The van der Waals surface area contributed by atoms with Crippen molar-refractivity contribution in [2.45, 2.75) is 39.5 Å². The number of likely N-dealkylation sites (N-methyl/N-ethyl adjacent to an activating group) is 1. The molecule has 4 heteroatoms. The van der Waals surface area contributed by atoms with E-state index in [0.29, 0.717) is 18.0 Å². The molecule has 0 radical (unpaired) electrons. The third-order valence-corrected chi connectivity index (χ3v) is 3.98. The van der Waals surface area contributed by atoms with E-state index in [9.17, 15) is 4.79 Å². The van der Waals surface area contributed by atoms with Crippen LogP contribution in [0.4, 0.5) is 0 Å². The van der Waals surface area contributed by atoms with Gasteiger partial charge in [0.2, 0.25) is 0 Å². The van der Waals surface area contributed by atoms with Crippen molar-refractivity contribution in [2.24, 2.45) is 0 Å². The zero-order valence-electron chi connectivity index (χ0n) is 14.4. The van der Waals surface area contributed by atoms with E-state index in [0.717, 1.165) is 24.2 Å². The molecule has 2 aromatic heterocycles. The zero-order chi connectivity index (χ0) is 16.8. The lowest BCUT2D eigenvalue weighted by Gasteiger charge is -2.19. The Labute approximate surface area is 138 Å². The van der Waals surface area contributed by atoms with E-state index in [2.05, 4.69) is 23.8 Å². The van der Waals surface area contributed by atoms with Crippen LogP contribution in [-0.4, -0.2) is 34.4 Å². The summed E-state index contributed by atoms with van der Waals surface area (Å²) in [4.78, 5) is 23.1. The quantitative estimate of drug-likeness (QED) is 0.820. The summed E-state index contributed by atoms with van der Waals surface area (Å²) in [6.07, 6.45) is 5.14. The standard InChI is InChI=1S/C19H25N3O/c1-5-17-16(6-7-18(21-17)14(2)3)19(23)22(4)13-10-15-8-11-20-12-9-15/h6-9,11-12,14H,5,10,13H2,1-4H3. The van der Waals surface area contributed by atoms with Crippen LogP contribution in [0.2, 0.25) is 0 Å². The summed E-state index contributed by atoms with van der Waals surface area (Å²) in [6, 6.07) is 7.85. The molecule has 0 aliphatic rings. The van der Waals surface area contributed by atoms with Crippen molar-refractivity contribution >= 4 is 5.91 Å². The molecule has 0 aromatic carbocycles. The predicted octanol–water partition coefficient (Wildman–Crippen LogP) is 3.48. The predicted molar refractivity (Wildman–Crippen MR) is 92.6 cm³/mol. The van der Waals surface area contributed by atoms with E-state index in [4.69, 9.17) is 0 Å². The normalized spacial score (nSPS) is 10.8. The molecule has 2 heterocycles. The molecule has 1 amide bonds. The average Bonchev–Trinajstić information content (AvgIpc) is 2.59. The first-order valence-electron chi connectivity index (χ1n) is 8.17. The van der Waals surface area contributed by atoms with Gasteiger partial charge in [-0.05, 0) is 48.6 Å². The Kier molecular flexibility index (Phi) is 5.85. The van der Waals surface area contributed by atoms with Crippen molar-refractivity contribution in [3.05, 3.63) is 59.2 Å². The number of hydrogen-bond acceptors (Lipinski definition) is 3. The molecule has 0 bridgehead atoms. The first kappa shape index (κ1) is 17.1.